The molecule has 0 aliphatic heterocycles. The molecule has 0 heterocycles. The summed E-state index contributed by atoms with van der Waals surface area (Å²) in [4.78, 5) is 23.6. The molecule has 6 nitrogen and oxygen atoms in total. The van der Waals surface area contributed by atoms with E-state index in [1.54, 1.807) is 50.4 Å². The minimum atomic E-state index is -0.434. The van der Waals surface area contributed by atoms with Gasteiger partial charge in [-0.2, -0.15) is 0 Å². The van der Waals surface area contributed by atoms with Crippen LogP contribution in [-0.4, -0.2) is 38.7 Å². The Kier molecular flexibility index (Phi) is 8.09. The van der Waals surface area contributed by atoms with Crippen molar-refractivity contribution in [3.05, 3.63) is 59.7 Å². The van der Waals surface area contributed by atoms with E-state index in [-0.39, 0.29) is 12.4 Å². The summed E-state index contributed by atoms with van der Waals surface area (Å²) in [6.45, 7) is 4.32. The highest BCUT2D eigenvalue weighted by atomic mass is 16.6. The Hall–Kier alpha value is -3.28. The minimum Gasteiger partial charge on any atom is -0.493 e. The molecule has 2 rings (SSSR count). The van der Waals surface area contributed by atoms with Gasteiger partial charge in [0.1, 0.15) is 5.75 Å². The number of esters is 1. The van der Waals surface area contributed by atoms with Crippen molar-refractivity contribution in [2.75, 3.05) is 26.9 Å². The van der Waals surface area contributed by atoms with Crippen molar-refractivity contribution in [3.63, 3.8) is 0 Å². The van der Waals surface area contributed by atoms with Crippen LogP contribution >= 0.6 is 0 Å². The van der Waals surface area contributed by atoms with Crippen LogP contribution in [-0.2, 0) is 9.53 Å². The number of allylic oxidation sites excluding steroid dienone is 1. The van der Waals surface area contributed by atoms with Gasteiger partial charge in [0, 0.05) is 5.56 Å². The second-order valence-electron chi connectivity index (χ2n) is 5.66. The summed E-state index contributed by atoms with van der Waals surface area (Å²) >= 11 is 0. The lowest BCUT2D eigenvalue weighted by molar-refractivity contribution is -0.145. The summed E-state index contributed by atoms with van der Waals surface area (Å²) in [5, 5.41) is 0. The van der Waals surface area contributed by atoms with Crippen LogP contribution in [0.4, 0.5) is 0 Å². The highest BCUT2D eigenvalue weighted by Crippen LogP contribution is 2.28. The summed E-state index contributed by atoms with van der Waals surface area (Å²) in [5.74, 6) is 1.18. The number of methoxy groups -OCH3 is 1. The van der Waals surface area contributed by atoms with E-state index in [2.05, 4.69) is 0 Å². The zero-order valence-electron chi connectivity index (χ0n) is 16.3. The van der Waals surface area contributed by atoms with E-state index < -0.39 is 5.97 Å². The first-order valence-electron chi connectivity index (χ1n) is 8.99. The third-order valence-corrected chi connectivity index (χ3v) is 3.72. The van der Waals surface area contributed by atoms with Crippen molar-refractivity contribution in [1.29, 1.82) is 0 Å². The van der Waals surface area contributed by atoms with Crippen LogP contribution in [0.3, 0.4) is 0 Å². The fourth-order valence-corrected chi connectivity index (χ4v) is 2.39. The van der Waals surface area contributed by atoms with Crippen LogP contribution < -0.4 is 14.2 Å². The summed E-state index contributed by atoms with van der Waals surface area (Å²) in [7, 11) is 1.57. The first kappa shape index (κ1) is 21.0. The predicted octanol–water partition coefficient (Wildman–Crippen LogP) is 3.93. The lowest BCUT2D eigenvalue weighted by atomic mass is 10.1. The van der Waals surface area contributed by atoms with Crippen molar-refractivity contribution in [3.8, 4) is 17.2 Å². The van der Waals surface area contributed by atoms with Crippen molar-refractivity contribution >= 4 is 17.8 Å². The quantitative estimate of drug-likeness (QED) is 0.351. The molecule has 0 bridgehead atoms. The van der Waals surface area contributed by atoms with E-state index in [0.717, 1.165) is 5.56 Å². The molecule has 0 amide bonds. The lowest BCUT2D eigenvalue weighted by Crippen LogP contribution is -2.14. The van der Waals surface area contributed by atoms with Crippen molar-refractivity contribution in [1.82, 2.24) is 0 Å². The molecule has 0 atom stereocenters. The maximum absolute atomic E-state index is 12.3. The topological polar surface area (TPSA) is 71.1 Å². The van der Waals surface area contributed by atoms with E-state index in [4.69, 9.17) is 18.9 Å². The molecule has 0 unspecified atom stereocenters. The second-order valence-corrected chi connectivity index (χ2v) is 5.66. The molecule has 0 radical (unpaired) electrons. The maximum Gasteiger partial charge on any atom is 0.344 e. The minimum absolute atomic E-state index is 0.148. The number of ether oxygens (including phenoxy) is 4. The first-order chi connectivity index (χ1) is 13.6. The van der Waals surface area contributed by atoms with E-state index in [0.29, 0.717) is 36.0 Å². The molecule has 28 heavy (non-hydrogen) atoms. The fourth-order valence-electron chi connectivity index (χ4n) is 2.39. The average molecular weight is 384 g/mol. The van der Waals surface area contributed by atoms with E-state index in [1.807, 2.05) is 19.1 Å². The molecular weight excluding hydrogens is 360 g/mol. The lowest BCUT2D eigenvalue weighted by Gasteiger charge is -2.09. The van der Waals surface area contributed by atoms with Crippen LogP contribution in [0, 0.1) is 0 Å². The third kappa shape index (κ3) is 6.16. The largest absolute Gasteiger partial charge is 0.493 e. The molecule has 0 aromatic heterocycles. The number of benzene rings is 2. The van der Waals surface area contributed by atoms with E-state index >= 15 is 0 Å². The smallest absolute Gasteiger partial charge is 0.344 e. The molecule has 0 fully saturated rings. The summed E-state index contributed by atoms with van der Waals surface area (Å²) < 4.78 is 20.9. The summed E-state index contributed by atoms with van der Waals surface area (Å²) in [5.41, 5.74) is 1.33. The Bertz CT molecular complexity index is 823. The zero-order valence-corrected chi connectivity index (χ0v) is 16.3. The van der Waals surface area contributed by atoms with Crippen LogP contribution in [0.2, 0.25) is 0 Å². The Balaban J connectivity index is 1.99. The predicted molar refractivity (Wildman–Crippen MR) is 106 cm³/mol. The zero-order chi connectivity index (χ0) is 20.4. The van der Waals surface area contributed by atoms with Gasteiger partial charge >= 0.3 is 5.97 Å². The Morgan fingerprint density at radius 3 is 2.32 bits per heavy atom. The molecular formula is C22H24O6. The highest BCUT2D eigenvalue weighted by Gasteiger charge is 2.07. The Labute approximate surface area is 164 Å². The Morgan fingerprint density at radius 1 is 0.929 bits per heavy atom. The van der Waals surface area contributed by atoms with Crippen LogP contribution in [0.5, 0.6) is 17.2 Å². The SMILES string of the molecule is CCOC(=O)COc1ccc(C(=O)/C=C/c2ccc(OCC)c(OC)c2)cc1. The van der Waals surface area contributed by atoms with Crippen LogP contribution in [0.25, 0.3) is 6.08 Å². The fraction of sp³-hybridized carbons (Fsp3) is 0.273. The number of hydrogen-bond donors (Lipinski definition) is 0. The number of carbonyl (C=O) groups is 2. The molecule has 0 aliphatic rings. The standard InChI is InChI=1S/C22H24O6/c1-4-26-20-13-7-16(14-21(20)25-3)6-12-19(23)17-8-10-18(11-9-17)28-15-22(24)27-5-2/h6-14H,4-5,15H2,1-3H3/b12-6+. The van der Waals surface area contributed by atoms with Gasteiger partial charge in [0.05, 0.1) is 20.3 Å². The summed E-state index contributed by atoms with van der Waals surface area (Å²) in [6, 6.07) is 12.0. The molecule has 148 valence electrons. The van der Waals surface area contributed by atoms with Crippen LogP contribution in [0.15, 0.2) is 48.5 Å². The van der Waals surface area contributed by atoms with Crippen LogP contribution in [0.1, 0.15) is 29.8 Å². The maximum atomic E-state index is 12.3. The molecule has 0 saturated carbocycles. The second kappa shape index (κ2) is 10.8. The average Bonchev–Trinajstić information content (AvgIpc) is 2.72. The molecule has 0 aliphatic carbocycles. The van der Waals surface area contributed by atoms with Crippen molar-refractivity contribution in [2.24, 2.45) is 0 Å². The normalized spacial score (nSPS) is 10.5. The van der Waals surface area contributed by atoms with Gasteiger partial charge in [-0.15, -0.1) is 0 Å². The molecule has 2 aromatic carbocycles. The monoisotopic (exact) mass is 384 g/mol. The summed E-state index contributed by atoms with van der Waals surface area (Å²) in [6.07, 6.45) is 3.20. The van der Waals surface area contributed by atoms with Gasteiger partial charge in [-0.05, 0) is 61.9 Å². The van der Waals surface area contributed by atoms with Crippen molar-refractivity contribution in [2.45, 2.75) is 13.8 Å². The van der Waals surface area contributed by atoms with E-state index in [1.165, 1.54) is 6.08 Å². The Morgan fingerprint density at radius 2 is 1.68 bits per heavy atom. The van der Waals surface area contributed by atoms with E-state index in [9.17, 15) is 9.59 Å². The molecule has 0 spiro atoms. The van der Waals surface area contributed by atoms with Gasteiger partial charge in [0.15, 0.2) is 23.9 Å². The third-order valence-electron chi connectivity index (χ3n) is 3.72. The molecule has 6 heteroatoms. The van der Waals surface area contributed by atoms with Gasteiger partial charge < -0.3 is 18.9 Å². The number of ketones is 1. The van der Waals surface area contributed by atoms with Gasteiger partial charge in [-0.25, -0.2) is 4.79 Å². The number of hydrogen-bond acceptors (Lipinski definition) is 6. The first-order valence-corrected chi connectivity index (χ1v) is 8.99. The van der Waals surface area contributed by atoms with Gasteiger partial charge in [-0.3, -0.25) is 4.79 Å². The van der Waals surface area contributed by atoms with Crippen molar-refractivity contribution < 1.29 is 28.5 Å². The van der Waals surface area contributed by atoms with Gasteiger partial charge in [-0.1, -0.05) is 12.1 Å². The molecule has 0 saturated heterocycles. The molecule has 0 N–H and O–H groups in total. The number of rotatable bonds is 10. The number of carbonyl (C=O) groups excluding carboxylic acids is 2. The highest BCUT2D eigenvalue weighted by molar-refractivity contribution is 6.06. The van der Waals surface area contributed by atoms with Gasteiger partial charge in [0.25, 0.3) is 0 Å². The van der Waals surface area contributed by atoms with Gasteiger partial charge in [0.2, 0.25) is 0 Å². The molecule has 2 aromatic rings.